The lowest BCUT2D eigenvalue weighted by Crippen LogP contribution is -2.09. The second-order valence-corrected chi connectivity index (χ2v) is 4.12. The molecule has 2 aromatic rings. The van der Waals surface area contributed by atoms with Crippen molar-refractivity contribution in [1.29, 1.82) is 0 Å². The molecule has 0 atom stereocenters. The van der Waals surface area contributed by atoms with E-state index in [0.717, 1.165) is 11.3 Å². The van der Waals surface area contributed by atoms with Gasteiger partial charge in [0.1, 0.15) is 5.76 Å². The molecule has 20 heavy (non-hydrogen) atoms. The van der Waals surface area contributed by atoms with E-state index in [1.165, 1.54) is 0 Å². The van der Waals surface area contributed by atoms with Crippen LogP contribution in [0.5, 0.6) is 0 Å². The average molecular weight is 272 g/mol. The second kappa shape index (κ2) is 5.83. The van der Waals surface area contributed by atoms with E-state index in [1.807, 2.05) is 18.2 Å². The summed E-state index contributed by atoms with van der Waals surface area (Å²) in [5, 5.41) is 18.1. The van der Waals surface area contributed by atoms with Gasteiger partial charge in [0.25, 0.3) is 5.78 Å². The molecular weight excluding hydrogens is 260 g/mol. The fourth-order valence-electron chi connectivity index (χ4n) is 1.66. The quantitative estimate of drug-likeness (QED) is 0.435. The Hall–Kier alpha value is -2.89. The van der Waals surface area contributed by atoms with Crippen molar-refractivity contribution in [2.24, 2.45) is 0 Å². The van der Waals surface area contributed by atoms with Crippen molar-refractivity contribution in [2.45, 2.75) is 6.42 Å². The first kappa shape index (κ1) is 13.5. The van der Waals surface area contributed by atoms with E-state index in [2.05, 4.69) is 9.97 Å². The third-order valence-corrected chi connectivity index (χ3v) is 2.61. The summed E-state index contributed by atoms with van der Waals surface area (Å²) in [6.07, 6.45) is 4.58. The number of aromatic nitrogens is 2. The predicted octanol–water partition coefficient (Wildman–Crippen LogP) is 1.55. The molecule has 2 rings (SSSR count). The Morgan fingerprint density at radius 1 is 1.30 bits per heavy atom. The number of carbonyl (C=O) groups excluding carboxylic acids is 1. The lowest BCUT2D eigenvalue weighted by atomic mass is 10.1. The number of rotatable bonds is 5. The van der Waals surface area contributed by atoms with Crippen molar-refractivity contribution in [3.05, 3.63) is 59.7 Å². The maximum absolute atomic E-state index is 11.0. The molecular formula is C14H12N2O4. The average Bonchev–Trinajstić information content (AvgIpc) is 2.88. The van der Waals surface area contributed by atoms with Crippen LogP contribution in [0.4, 0.5) is 0 Å². The highest BCUT2D eigenvalue weighted by Gasteiger charge is 2.11. The minimum atomic E-state index is -1.61. The van der Waals surface area contributed by atoms with E-state index < -0.39 is 17.5 Å². The molecule has 2 aromatic heterocycles. The Balaban J connectivity index is 2.13. The summed E-state index contributed by atoms with van der Waals surface area (Å²) in [5.41, 5.74) is 2.01. The number of nitrogens with one attached hydrogen (secondary N) is 1. The minimum absolute atomic E-state index is 0.283. The van der Waals surface area contributed by atoms with E-state index in [4.69, 9.17) is 5.11 Å². The van der Waals surface area contributed by atoms with E-state index in [9.17, 15) is 14.7 Å². The normalized spacial score (nSPS) is 11.3. The maximum Gasteiger partial charge on any atom is 0.376 e. The number of aliphatic hydroxyl groups excluding tert-OH is 1. The molecule has 0 bridgehead atoms. The van der Waals surface area contributed by atoms with Gasteiger partial charge in [-0.15, -0.1) is 0 Å². The Morgan fingerprint density at radius 3 is 2.75 bits per heavy atom. The number of carboxylic acid groups (broad SMARTS) is 1. The predicted molar refractivity (Wildman–Crippen MR) is 71.1 cm³/mol. The standard InChI is InChI=1S/C14H12N2O4/c17-12(7-13(18)14(19)20)11-6-9(8-16-11)5-10-3-1-2-4-15-10/h1-4,6-8,16-17H,5H2,(H,19,20). The largest absolute Gasteiger partial charge is 0.506 e. The highest BCUT2D eigenvalue weighted by atomic mass is 16.4. The van der Waals surface area contributed by atoms with Gasteiger partial charge in [-0.2, -0.15) is 0 Å². The lowest BCUT2D eigenvalue weighted by Gasteiger charge is -1.96. The van der Waals surface area contributed by atoms with Gasteiger partial charge >= 0.3 is 5.97 Å². The number of aromatic amines is 1. The number of ketones is 1. The number of H-pyrrole nitrogens is 1. The molecule has 0 aliphatic carbocycles. The molecule has 0 radical (unpaired) electrons. The van der Waals surface area contributed by atoms with Gasteiger partial charge in [-0.3, -0.25) is 9.78 Å². The summed E-state index contributed by atoms with van der Waals surface area (Å²) >= 11 is 0. The van der Waals surface area contributed by atoms with E-state index >= 15 is 0 Å². The molecule has 6 nitrogen and oxygen atoms in total. The molecule has 0 unspecified atom stereocenters. The Morgan fingerprint density at radius 2 is 2.10 bits per heavy atom. The molecule has 0 aliphatic rings. The first-order valence-electron chi connectivity index (χ1n) is 5.82. The zero-order valence-electron chi connectivity index (χ0n) is 10.4. The molecule has 0 aliphatic heterocycles. The number of carboxylic acids is 1. The lowest BCUT2D eigenvalue weighted by molar-refractivity contribution is -0.146. The van der Waals surface area contributed by atoms with Crippen molar-refractivity contribution < 1.29 is 19.8 Å². The first-order chi connectivity index (χ1) is 9.56. The summed E-state index contributed by atoms with van der Waals surface area (Å²) < 4.78 is 0. The van der Waals surface area contributed by atoms with E-state index in [0.29, 0.717) is 12.5 Å². The van der Waals surface area contributed by atoms with Gasteiger partial charge in [-0.05, 0) is 23.8 Å². The SMILES string of the molecule is O=C(O)C(=O)C=C(O)c1cc(Cc2ccccn2)c[nH]1. The molecule has 102 valence electrons. The number of hydrogen-bond acceptors (Lipinski definition) is 4. The van der Waals surface area contributed by atoms with Crippen LogP contribution >= 0.6 is 0 Å². The van der Waals surface area contributed by atoms with Gasteiger partial charge in [0.05, 0.1) is 5.69 Å². The van der Waals surface area contributed by atoms with Crippen molar-refractivity contribution in [2.75, 3.05) is 0 Å². The zero-order chi connectivity index (χ0) is 14.5. The molecule has 0 saturated carbocycles. The molecule has 0 saturated heterocycles. The van der Waals surface area contributed by atoms with Crippen LogP contribution in [-0.2, 0) is 16.0 Å². The van der Waals surface area contributed by atoms with Gasteiger partial charge in [0.2, 0.25) is 0 Å². The van der Waals surface area contributed by atoms with Crippen LogP contribution in [0.3, 0.4) is 0 Å². The molecule has 0 fully saturated rings. The fraction of sp³-hybridized carbons (Fsp3) is 0.0714. The number of aliphatic carboxylic acids is 1. The van der Waals surface area contributed by atoms with Crippen LogP contribution in [0.25, 0.3) is 5.76 Å². The summed E-state index contributed by atoms with van der Waals surface area (Å²) in [7, 11) is 0. The number of aliphatic hydroxyl groups is 1. The Kier molecular flexibility index (Phi) is 3.95. The summed E-state index contributed by atoms with van der Waals surface area (Å²) in [5.74, 6) is -3.20. The molecule has 0 aromatic carbocycles. The third kappa shape index (κ3) is 3.32. The summed E-state index contributed by atoms with van der Waals surface area (Å²) in [6, 6.07) is 7.20. The number of nitrogens with zero attached hydrogens (tertiary/aromatic N) is 1. The number of carbonyl (C=O) groups is 2. The molecule has 3 N–H and O–H groups in total. The highest BCUT2D eigenvalue weighted by molar-refractivity contribution is 6.38. The van der Waals surface area contributed by atoms with Gasteiger partial charge in [-0.25, -0.2) is 4.79 Å². The fourth-order valence-corrected chi connectivity index (χ4v) is 1.66. The monoisotopic (exact) mass is 272 g/mol. The topological polar surface area (TPSA) is 103 Å². The molecule has 2 heterocycles. The zero-order valence-corrected chi connectivity index (χ0v) is 10.4. The Bertz CT molecular complexity index is 659. The molecule has 6 heteroatoms. The minimum Gasteiger partial charge on any atom is -0.506 e. The van der Waals surface area contributed by atoms with Gasteiger partial charge < -0.3 is 15.2 Å². The Labute approximate surface area is 114 Å². The van der Waals surface area contributed by atoms with Gasteiger partial charge in [0, 0.05) is 30.6 Å². The second-order valence-electron chi connectivity index (χ2n) is 4.12. The van der Waals surface area contributed by atoms with Crippen LogP contribution in [0.15, 0.2) is 42.7 Å². The number of hydrogen-bond donors (Lipinski definition) is 3. The summed E-state index contributed by atoms with van der Waals surface area (Å²) in [6.45, 7) is 0. The van der Waals surface area contributed by atoms with E-state index in [-0.39, 0.29) is 5.69 Å². The van der Waals surface area contributed by atoms with Crippen LogP contribution in [0.1, 0.15) is 17.0 Å². The van der Waals surface area contributed by atoms with Crippen molar-refractivity contribution >= 4 is 17.5 Å². The number of pyridine rings is 1. The maximum atomic E-state index is 11.0. The third-order valence-electron chi connectivity index (χ3n) is 2.61. The van der Waals surface area contributed by atoms with Gasteiger partial charge in [0.15, 0.2) is 0 Å². The van der Waals surface area contributed by atoms with Crippen LogP contribution in [0.2, 0.25) is 0 Å². The summed E-state index contributed by atoms with van der Waals surface area (Å²) in [4.78, 5) is 28.3. The van der Waals surface area contributed by atoms with Crippen LogP contribution in [0, 0.1) is 0 Å². The molecule has 0 spiro atoms. The van der Waals surface area contributed by atoms with E-state index in [1.54, 1.807) is 18.5 Å². The van der Waals surface area contributed by atoms with Gasteiger partial charge in [-0.1, -0.05) is 6.07 Å². The first-order valence-corrected chi connectivity index (χ1v) is 5.82. The van der Waals surface area contributed by atoms with Crippen LogP contribution in [-0.4, -0.2) is 31.9 Å². The van der Waals surface area contributed by atoms with Crippen molar-refractivity contribution in [1.82, 2.24) is 9.97 Å². The van der Waals surface area contributed by atoms with Crippen molar-refractivity contribution in [3.63, 3.8) is 0 Å². The highest BCUT2D eigenvalue weighted by Crippen LogP contribution is 2.14. The van der Waals surface area contributed by atoms with Crippen molar-refractivity contribution in [3.8, 4) is 0 Å². The van der Waals surface area contributed by atoms with Crippen LogP contribution < -0.4 is 0 Å². The molecule has 0 amide bonds. The smallest absolute Gasteiger partial charge is 0.376 e.